The van der Waals surface area contributed by atoms with Crippen molar-refractivity contribution in [3.05, 3.63) is 70.8 Å². The van der Waals surface area contributed by atoms with E-state index in [4.69, 9.17) is 4.74 Å². The Morgan fingerprint density at radius 2 is 1.67 bits per heavy atom. The van der Waals surface area contributed by atoms with E-state index in [0.717, 1.165) is 11.1 Å². The summed E-state index contributed by atoms with van der Waals surface area (Å²) < 4.78 is 5.10. The lowest BCUT2D eigenvalue weighted by atomic mass is 10.1. The predicted molar refractivity (Wildman–Crippen MR) is 100 cm³/mol. The van der Waals surface area contributed by atoms with Crippen LogP contribution in [0, 0.1) is 0 Å². The van der Waals surface area contributed by atoms with Crippen molar-refractivity contribution < 1.29 is 19.1 Å². The van der Waals surface area contributed by atoms with Crippen molar-refractivity contribution in [2.45, 2.75) is 26.0 Å². The first-order valence-electron chi connectivity index (χ1n) is 8.89. The molecule has 0 aromatic heterocycles. The van der Waals surface area contributed by atoms with E-state index in [0.29, 0.717) is 30.7 Å². The first kappa shape index (κ1) is 18.8. The molecule has 6 heteroatoms. The lowest BCUT2D eigenvalue weighted by molar-refractivity contribution is -0.121. The second-order valence-corrected chi connectivity index (χ2v) is 6.44. The number of carbonyl (C=O) groups is 3. The van der Waals surface area contributed by atoms with Crippen LogP contribution < -0.4 is 5.32 Å². The van der Waals surface area contributed by atoms with Crippen LogP contribution in [0.25, 0.3) is 0 Å². The van der Waals surface area contributed by atoms with Crippen LogP contribution in [0.4, 0.5) is 0 Å². The van der Waals surface area contributed by atoms with E-state index < -0.39 is 0 Å². The second kappa shape index (κ2) is 8.60. The molecule has 0 saturated heterocycles. The van der Waals surface area contributed by atoms with Gasteiger partial charge >= 0.3 is 0 Å². The highest BCUT2D eigenvalue weighted by Crippen LogP contribution is 2.22. The van der Waals surface area contributed by atoms with E-state index in [1.807, 2.05) is 24.3 Å². The van der Waals surface area contributed by atoms with E-state index in [9.17, 15) is 14.4 Å². The number of nitrogens with one attached hydrogen (secondary N) is 1. The number of benzene rings is 2. The quantitative estimate of drug-likeness (QED) is 0.729. The molecule has 0 fully saturated rings. The second-order valence-electron chi connectivity index (χ2n) is 6.44. The molecular weight excluding hydrogens is 344 g/mol. The average Bonchev–Trinajstić information content (AvgIpc) is 2.92. The van der Waals surface area contributed by atoms with Crippen molar-refractivity contribution in [2.75, 3.05) is 13.7 Å². The fraction of sp³-hybridized carbons (Fsp3) is 0.286. The number of rotatable bonds is 8. The van der Waals surface area contributed by atoms with Crippen LogP contribution >= 0.6 is 0 Å². The van der Waals surface area contributed by atoms with E-state index in [1.54, 1.807) is 31.4 Å². The zero-order valence-electron chi connectivity index (χ0n) is 15.2. The predicted octanol–water partition coefficient (Wildman–Crippen LogP) is 2.53. The average molecular weight is 366 g/mol. The monoisotopic (exact) mass is 366 g/mol. The smallest absolute Gasteiger partial charge is 0.261 e. The Hall–Kier alpha value is -2.99. The van der Waals surface area contributed by atoms with Gasteiger partial charge in [0.2, 0.25) is 5.91 Å². The molecule has 0 spiro atoms. The lowest BCUT2D eigenvalue weighted by Crippen LogP contribution is -2.32. The fourth-order valence-electron chi connectivity index (χ4n) is 3.13. The number of carbonyl (C=O) groups excluding carboxylic acids is 3. The third kappa shape index (κ3) is 4.41. The van der Waals surface area contributed by atoms with Gasteiger partial charge < -0.3 is 10.1 Å². The van der Waals surface area contributed by atoms with Crippen LogP contribution in [0.2, 0.25) is 0 Å². The highest BCUT2D eigenvalue weighted by Gasteiger charge is 2.34. The molecule has 3 amide bonds. The summed E-state index contributed by atoms with van der Waals surface area (Å²) in [6.07, 6.45) is 0.687. The van der Waals surface area contributed by atoms with Gasteiger partial charge in [-0.15, -0.1) is 0 Å². The van der Waals surface area contributed by atoms with Crippen molar-refractivity contribution >= 4 is 17.7 Å². The number of hydrogen-bond acceptors (Lipinski definition) is 4. The van der Waals surface area contributed by atoms with Gasteiger partial charge in [0.15, 0.2) is 0 Å². The summed E-state index contributed by atoms with van der Waals surface area (Å²) in [5.74, 6) is -0.680. The number of ether oxygens (including phenoxy) is 1. The normalized spacial score (nSPS) is 13.0. The zero-order chi connectivity index (χ0) is 19.2. The maximum absolute atomic E-state index is 12.3. The van der Waals surface area contributed by atoms with Gasteiger partial charge in [-0.1, -0.05) is 36.4 Å². The van der Waals surface area contributed by atoms with Crippen molar-refractivity contribution in [3.8, 4) is 0 Å². The molecule has 2 aromatic rings. The number of imide groups is 1. The molecule has 1 heterocycles. The first-order chi connectivity index (χ1) is 13.1. The van der Waals surface area contributed by atoms with Crippen molar-refractivity contribution in [1.82, 2.24) is 10.2 Å². The van der Waals surface area contributed by atoms with Crippen LogP contribution in [-0.2, 0) is 22.7 Å². The van der Waals surface area contributed by atoms with Crippen LogP contribution in [0.5, 0.6) is 0 Å². The molecule has 0 aliphatic carbocycles. The Labute approximate surface area is 158 Å². The summed E-state index contributed by atoms with van der Waals surface area (Å²) >= 11 is 0. The molecule has 2 aromatic carbocycles. The van der Waals surface area contributed by atoms with E-state index >= 15 is 0 Å². The number of amides is 3. The third-order valence-corrected chi connectivity index (χ3v) is 4.46. The highest BCUT2D eigenvalue weighted by atomic mass is 16.5. The Balaban J connectivity index is 1.45. The number of hydrogen-bond donors (Lipinski definition) is 1. The number of fused-ring (bicyclic) bond motifs is 1. The highest BCUT2D eigenvalue weighted by molar-refractivity contribution is 6.21. The largest absolute Gasteiger partial charge is 0.380 e. The standard InChI is InChI=1S/C21H22N2O4/c1-27-14-16-7-4-6-15(12-16)13-22-19(24)10-5-11-23-20(25)17-8-2-3-9-18(17)21(23)26/h2-4,6-9,12H,5,10-11,13-14H2,1H3,(H,22,24). The lowest BCUT2D eigenvalue weighted by Gasteiger charge is -2.13. The topological polar surface area (TPSA) is 75.7 Å². The van der Waals surface area contributed by atoms with E-state index in [1.165, 1.54) is 4.90 Å². The molecule has 0 bridgehead atoms. The number of methoxy groups -OCH3 is 1. The molecule has 1 N–H and O–H groups in total. The van der Waals surface area contributed by atoms with Gasteiger partial charge in [-0.25, -0.2) is 0 Å². The SMILES string of the molecule is COCc1cccc(CNC(=O)CCCN2C(=O)c3ccccc3C2=O)c1. The zero-order valence-corrected chi connectivity index (χ0v) is 15.2. The van der Waals surface area contributed by atoms with Gasteiger partial charge in [0.25, 0.3) is 11.8 Å². The molecule has 0 atom stereocenters. The molecule has 0 unspecified atom stereocenters. The Morgan fingerprint density at radius 1 is 1.00 bits per heavy atom. The molecule has 6 nitrogen and oxygen atoms in total. The maximum Gasteiger partial charge on any atom is 0.261 e. The molecule has 0 radical (unpaired) electrons. The van der Waals surface area contributed by atoms with Gasteiger partial charge in [0.05, 0.1) is 17.7 Å². The van der Waals surface area contributed by atoms with Crippen LogP contribution in [0.15, 0.2) is 48.5 Å². The molecule has 140 valence electrons. The molecule has 1 aliphatic heterocycles. The van der Waals surface area contributed by atoms with Crippen molar-refractivity contribution in [2.24, 2.45) is 0 Å². The van der Waals surface area contributed by atoms with Gasteiger partial charge in [-0.2, -0.15) is 0 Å². The molecular formula is C21H22N2O4. The summed E-state index contributed by atoms with van der Waals surface area (Å²) in [6.45, 7) is 1.20. The van der Waals surface area contributed by atoms with E-state index in [-0.39, 0.29) is 30.7 Å². The van der Waals surface area contributed by atoms with Crippen LogP contribution in [0.3, 0.4) is 0 Å². The summed E-state index contributed by atoms with van der Waals surface area (Å²) in [7, 11) is 1.64. The molecule has 1 aliphatic rings. The molecule has 3 rings (SSSR count). The van der Waals surface area contributed by atoms with Crippen LogP contribution in [0.1, 0.15) is 44.7 Å². The summed E-state index contributed by atoms with van der Waals surface area (Å²) in [4.78, 5) is 37.8. The first-order valence-corrected chi connectivity index (χ1v) is 8.89. The summed E-state index contributed by atoms with van der Waals surface area (Å²) in [6, 6.07) is 14.6. The maximum atomic E-state index is 12.3. The van der Waals surface area contributed by atoms with Crippen molar-refractivity contribution in [1.29, 1.82) is 0 Å². The third-order valence-electron chi connectivity index (χ3n) is 4.46. The Morgan fingerprint density at radius 3 is 2.33 bits per heavy atom. The van der Waals surface area contributed by atoms with Gasteiger partial charge in [-0.05, 0) is 29.7 Å². The Kier molecular flexibility index (Phi) is 5.98. The van der Waals surface area contributed by atoms with Gasteiger partial charge in [-0.3, -0.25) is 19.3 Å². The minimum Gasteiger partial charge on any atom is -0.380 e. The fourth-order valence-corrected chi connectivity index (χ4v) is 3.13. The Bertz CT molecular complexity index is 828. The van der Waals surface area contributed by atoms with E-state index in [2.05, 4.69) is 5.32 Å². The molecule has 0 saturated carbocycles. The van der Waals surface area contributed by atoms with Gasteiger partial charge in [0.1, 0.15) is 0 Å². The minimum absolute atomic E-state index is 0.108. The minimum atomic E-state index is -0.286. The van der Waals surface area contributed by atoms with Gasteiger partial charge in [0, 0.05) is 26.6 Å². The summed E-state index contributed by atoms with van der Waals surface area (Å²) in [5, 5.41) is 2.87. The number of nitrogens with zero attached hydrogens (tertiary/aromatic N) is 1. The van der Waals surface area contributed by atoms with Crippen molar-refractivity contribution in [3.63, 3.8) is 0 Å². The molecule has 27 heavy (non-hydrogen) atoms. The van der Waals surface area contributed by atoms with Crippen LogP contribution in [-0.4, -0.2) is 36.3 Å². The summed E-state index contributed by atoms with van der Waals surface area (Å²) in [5.41, 5.74) is 2.92.